The molecule has 4 saturated carbocycles. The summed E-state index contributed by atoms with van der Waals surface area (Å²) in [6.07, 6.45) is 6.97. The fourth-order valence-corrected chi connectivity index (χ4v) is 9.96. The molecule has 6 rings (SSSR count). The van der Waals surface area contributed by atoms with Crippen LogP contribution in [0.3, 0.4) is 0 Å². The smallest absolute Gasteiger partial charge is 0.287 e. The van der Waals surface area contributed by atoms with Crippen molar-refractivity contribution in [2.45, 2.75) is 70.5 Å². The van der Waals surface area contributed by atoms with Crippen LogP contribution in [-0.2, 0) is 25.7 Å². The molecule has 1 atom stereocenters. The van der Waals surface area contributed by atoms with Gasteiger partial charge in [0.25, 0.3) is 17.4 Å². The molecule has 0 aliphatic heterocycles. The average Bonchev–Trinajstić information content (AvgIpc) is 3.32. The fourth-order valence-electron chi connectivity index (χ4n) is 7.17. The second-order valence-corrected chi connectivity index (χ2v) is 15.7. The predicted octanol–water partition coefficient (Wildman–Crippen LogP) is 3.60. The van der Waals surface area contributed by atoms with Crippen LogP contribution in [0.25, 0.3) is 0 Å². The summed E-state index contributed by atoms with van der Waals surface area (Å²) >= 11 is 7.93. The van der Waals surface area contributed by atoms with Gasteiger partial charge in [0, 0.05) is 25.2 Å². The van der Waals surface area contributed by atoms with E-state index in [0.29, 0.717) is 19.4 Å². The molecule has 236 valence electrons. The third-order valence-corrected chi connectivity index (χ3v) is 11.3. The van der Waals surface area contributed by atoms with E-state index in [0.717, 1.165) is 37.5 Å². The van der Waals surface area contributed by atoms with Crippen molar-refractivity contribution in [2.24, 2.45) is 23.7 Å². The van der Waals surface area contributed by atoms with Crippen LogP contribution < -0.4 is 26.8 Å². The van der Waals surface area contributed by atoms with Gasteiger partial charge in [0.15, 0.2) is 0 Å². The van der Waals surface area contributed by atoms with Gasteiger partial charge in [-0.2, -0.15) is 0 Å². The number of pyridine rings is 1. The lowest BCUT2D eigenvalue weighted by Gasteiger charge is -2.54. The van der Waals surface area contributed by atoms with Gasteiger partial charge in [-0.1, -0.05) is 0 Å². The first-order valence-electron chi connectivity index (χ1n) is 14.9. The van der Waals surface area contributed by atoms with Crippen LogP contribution in [-0.4, -0.2) is 52.6 Å². The molecule has 4 aliphatic rings. The third kappa shape index (κ3) is 7.51. The molecule has 11 nitrogen and oxygen atoms in total. The summed E-state index contributed by atoms with van der Waals surface area (Å²) in [5, 5.41) is 10.8. The van der Waals surface area contributed by atoms with Gasteiger partial charge in [-0.15, -0.1) is 11.3 Å². The second-order valence-electron chi connectivity index (χ2n) is 12.0. The molecule has 4 fully saturated rings. The molecule has 2 aromatic heterocycles. The van der Waals surface area contributed by atoms with Crippen LogP contribution >= 0.6 is 43.2 Å². The van der Waals surface area contributed by atoms with Gasteiger partial charge < -0.3 is 25.8 Å². The lowest BCUT2D eigenvalue weighted by atomic mass is 9.54. The number of carbonyl (C=O) groups is 5. The number of nitrogens with one attached hydrogen (secondary N) is 4. The van der Waals surface area contributed by atoms with Gasteiger partial charge in [0.1, 0.15) is 18.3 Å². The normalized spacial score (nSPS) is 23.9. The van der Waals surface area contributed by atoms with Gasteiger partial charge in [0.05, 0.1) is 13.1 Å². The van der Waals surface area contributed by atoms with Crippen LogP contribution in [0.1, 0.15) is 62.2 Å². The molecule has 0 aromatic carbocycles. The number of thiophene rings is 1. The molecule has 4 N–H and O–H groups in total. The summed E-state index contributed by atoms with van der Waals surface area (Å²) in [6.45, 7) is 1.76. The summed E-state index contributed by atoms with van der Waals surface area (Å²) in [5.41, 5.74) is -0.371. The molecule has 4 amide bonds. The molecular weight excluding hydrogens is 718 g/mol. The average molecular weight is 754 g/mol. The molecule has 4 bridgehead atoms. The Hall–Kier alpha value is -2.84. The van der Waals surface area contributed by atoms with Gasteiger partial charge in [-0.05, 0) is 119 Å². The Labute approximate surface area is 275 Å². The number of hydrogen-bond donors (Lipinski definition) is 4. The molecule has 0 saturated heterocycles. The Morgan fingerprint density at radius 3 is 2.34 bits per heavy atom. The van der Waals surface area contributed by atoms with Crippen molar-refractivity contribution >= 4 is 78.3 Å². The van der Waals surface area contributed by atoms with Crippen LogP contribution in [0, 0.1) is 23.7 Å². The van der Waals surface area contributed by atoms with E-state index in [1.807, 2.05) is 0 Å². The van der Waals surface area contributed by atoms with Crippen molar-refractivity contribution in [3.05, 3.63) is 47.9 Å². The first-order valence-corrected chi connectivity index (χ1v) is 17.3. The van der Waals surface area contributed by atoms with E-state index in [-0.39, 0.29) is 49.1 Å². The van der Waals surface area contributed by atoms with E-state index in [2.05, 4.69) is 53.1 Å². The topological polar surface area (TPSA) is 155 Å². The van der Waals surface area contributed by atoms with Crippen LogP contribution in [0.15, 0.2) is 36.8 Å². The Balaban J connectivity index is 1.25. The first-order chi connectivity index (χ1) is 21.0. The lowest BCUT2D eigenvalue weighted by Crippen LogP contribution is -2.56. The highest BCUT2D eigenvalue weighted by molar-refractivity contribution is 9.12. The molecular formula is C30H35Br2N5O6S. The monoisotopic (exact) mass is 751 g/mol. The Morgan fingerprint density at radius 2 is 1.73 bits per heavy atom. The Bertz CT molecular complexity index is 1500. The van der Waals surface area contributed by atoms with Gasteiger partial charge >= 0.3 is 0 Å². The molecule has 2 aromatic rings. The number of ketones is 1. The number of hydrogen-bond acceptors (Lipinski definition) is 7. The Morgan fingerprint density at radius 1 is 1.05 bits per heavy atom. The van der Waals surface area contributed by atoms with Crippen LogP contribution in [0.2, 0.25) is 0 Å². The maximum absolute atomic E-state index is 13.4. The zero-order valence-corrected chi connectivity index (χ0v) is 28.2. The predicted molar refractivity (Wildman–Crippen MR) is 172 cm³/mol. The molecule has 0 radical (unpaired) electrons. The minimum Gasteiger partial charge on any atom is -0.351 e. The molecule has 2 heterocycles. The van der Waals surface area contributed by atoms with Crippen LogP contribution in [0.5, 0.6) is 0 Å². The summed E-state index contributed by atoms with van der Waals surface area (Å²) in [4.78, 5) is 77.0. The van der Waals surface area contributed by atoms with E-state index in [4.69, 9.17) is 0 Å². The zero-order valence-electron chi connectivity index (χ0n) is 24.2. The van der Waals surface area contributed by atoms with Gasteiger partial charge in [0.2, 0.25) is 17.6 Å². The third-order valence-electron chi connectivity index (χ3n) is 8.92. The SMILES string of the molecule is CCNC(=O)C(=O)CC[C@H](NC(=O)c1cc(Br)sc1Br)C(=O)Nc1cccn(CC(=O)NC2C3CC4CC(C3)CC2C4)c1=O. The van der Waals surface area contributed by atoms with Gasteiger partial charge in [-0.25, -0.2) is 0 Å². The van der Waals surface area contributed by atoms with Crippen molar-refractivity contribution in [1.82, 2.24) is 20.5 Å². The largest absolute Gasteiger partial charge is 0.351 e. The van der Waals surface area contributed by atoms with E-state index in [9.17, 15) is 28.8 Å². The lowest BCUT2D eigenvalue weighted by molar-refractivity contribution is -0.138. The Kier molecular flexibility index (Phi) is 10.4. The second kappa shape index (κ2) is 14.1. The number of likely N-dealkylation sites (N-methyl/N-ethyl adjacent to an activating group) is 1. The van der Waals surface area contributed by atoms with E-state index in [1.54, 1.807) is 19.1 Å². The summed E-state index contributed by atoms with van der Waals surface area (Å²) in [6, 6.07) is 3.46. The van der Waals surface area contributed by atoms with Crippen molar-refractivity contribution in [3.63, 3.8) is 0 Å². The van der Waals surface area contributed by atoms with E-state index < -0.39 is 35.1 Å². The summed E-state index contributed by atoms with van der Waals surface area (Å²) in [7, 11) is 0. The highest BCUT2D eigenvalue weighted by Gasteiger charge is 2.48. The number of anilines is 1. The highest BCUT2D eigenvalue weighted by atomic mass is 79.9. The number of Topliss-reactive ketones (excluding diaryl/α,β-unsaturated/α-hetero) is 1. The minimum absolute atomic E-state index is 0.0753. The molecule has 44 heavy (non-hydrogen) atoms. The first kappa shape index (κ1) is 32.6. The standard InChI is InChI=1S/C30H35Br2N5O6S/c1-2-33-29(42)22(38)6-5-20(34-27(40)19-13-23(31)44-26(19)32)28(41)35-21-4-3-7-37(30(21)43)14-24(39)36-25-17-9-15-8-16(11-17)12-18(25)10-15/h3-4,7,13,15-18,20,25H,2,5-6,8-12,14H2,1H3,(H,33,42)(H,34,40)(H,35,41)(H,36,39)/t15?,16?,17?,18?,20-,25?/m0/s1. The highest BCUT2D eigenvalue weighted by Crippen LogP contribution is 2.53. The molecule has 14 heteroatoms. The number of halogens is 2. The number of aromatic nitrogens is 1. The van der Waals surface area contributed by atoms with E-state index in [1.165, 1.54) is 34.6 Å². The molecule has 4 aliphatic carbocycles. The van der Waals surface area contributed by atoms with Crippen molar-refractivity contribution in [3.8, 4) is 0 Å². The number of carbonyl (C=O) groups excluding carboxylic acids is 5. The minimum atomic E-state index is -1.24. The number of nitrogens with zero attached hydrogens (tertiary/aromatic N) is 1. The van der Waals surface area contributed by atoms with Crippen molar-refractivity contribution in [1.29, 1.82) is 0 Å². The zero-order chi connectivity index (χ0) is 31.5. The molecule has 0 unspecified atom stereocenters. The van der Waals surface area contributed by atoms with E-state index >= 15 is 0 Å². The maximum Gasteiger partial charge on any atom is 0.287 e. The fraction of sp³-hybridized carbons (Fsp3) is 0.533. The quantitative estimate of drug-likeness (QED) is 0.243. The number of rotatable bonds is 12. The summed E-state index contributed by atoms with van der Waals surface area (Å²) < 4.78 is 2.48. The van der Waals surface area contributed by atoms with Crippen molar-refractivity contribution in [2.75, 3.05) is 11.9 Å². The number of amides is 4. The summed E-state index contributed by atoms with van der Waals surface area (Å²) in [5.74, 6) is -0.497. The van der Waals surface area contributed by atoms with Crippen LogP contribution in [0.4, 0.5) is 5.69 Å². The maximum atomic E-state index is 13.4. The molecule has 0 spiro atoms. The van der Waals surface area contributed by atoms with Gasteiger partial charge in [-0.3, -0.25) is 28.8 Å². The van der Waals surface area contributed by atoms with Crippen molar-refractivity contribution < 1.29 is 24.0 Å².